The van der Waals surface area contributed by atoms with Crippen molar-refractivity contribution in [3.05, 3.63) is 53.6 Å². The molecule has 0 aliphatic heterocycles. The Labute approximate surface area is 146 Å². The lowest BCUT2D eigenvalue weighted by molar-refractivity contribution is -0.136. The molecule has 0 radical (unpaired) electrons. The lowest BCUT2D eigenvalue weighted by Crippen LogP contribution is -2.40. The van der Waals surface area contributed by atoms with E-state index in [-0.39, 0.29) is 18.3 Å². The van der Waals surface area contributed by atoms with Crippen molar-refractivity contribution >= 4 is 17.5 Å². The molecule has 0 bridgehead atoms. The third-order valence-corrected chi connectivity index (χ3v) is 4.04. The summed E-state index contributed by atoms with van der Waals surface area (Å²) in [6.45, 7) is 1.90. The van der Waals surface area contributed by atoms with Gasteiger partial charge in [0.1, 0.15) is 5.82 Å². The SMILES string of the molecule is Cc1ccc(NC(=O)C(=O)NCC(c2cccn2C)N(C)C)cc1F. The van der Waals surface area contributed by atoms with Crippen molar-refractivity contribution in [1.29, 1.82) is 0 Å². The molecule has 0 fully saturated rings. The van der Waals surface area contributed by atoms with Crippen LogP contribution in [0.5, 0.6) is 0 Å². The molecule has 1 aromatic heterocycles. The Kier molecular flexibility index (Phi) is 5.93. The summed E-state index contributed by atoms with van der Waals surface area (Å²) in [6, 6.07) is 8.09. The summed E-state index contributed by atoms with van der Waals surface area (Å²) in [5.41, 5.74) is 1.74. The largest absolute Gasteiger partial charge is 0.353 e. The molecule has 1 aromatic carbocycles. The summed E-state index contributed by atoms with van der Waals surface area (Å²) in [5, 5.41) is 5.02. The molecule has 2 N–H and O–H groups in total. The Morgan fingerprint density at radius 2 is 1.96 bits per heavy atom. The number of likely N-dealkylation sites (N-methyl/N-ethyl adjacent to an activating group) is 1. The van der Waals surface area contributed by atoms with Gasteiger partial charge in [-0.15, -0.1) is 0 Å². The lowest BCUT2D eigenvalue weighted by Gasteiger charge is -2.25. The number of nitrogens with zero attached hydrogens (tertiary/aromatic N) is 2. The molecule has 1 heterocycles. The average molecular weight is 346 g/mol. The molecule has 0 spiro atoms. The topological polar surface area (TPSA) is 66.4 Å². The predicted octanol–water partition coefficient (Wildman–Crippen LogP) is 1.83. The van der Waals surface area contributed by atoms with Gasteiger partial charge in [0, 0.05) is 31.2 Å². The number of rotatable bonds is 5. The minimum absolute atomic E-state index is 0.0754. The van der Waals surface area contributed by atoms with E-state index in [0.29, 0.717) is 5.56 Å². The summed E-state index contributed by atoms with van der Waals surface area (Å²) >= 11 is 0. The predicted molar refractivity (Wildman–Crippen MR) is 94.6 cm³/mol. The summed E-state index contributed by atoms with van der Waals surface area (Å²) in [6.07, 6.45) is 1.92. The van der Waals surface area contributed by atoms with Crippen molar-refractivity contribution in [1.82, 2.24) is 14.8 Å². The van der Waals surface area contributed by atoms with Gasteiger partial charge >= 0.3 is 11.8 Å². The van der Waals surface area contributed by atoms with E-state index < -0.39 is 17.6 Å². The summed E-state index contributed by atoms with van der Waals surface area (Å²) in [5.74, 6) is -2.02. The van der Waals surface area contributed by atoms with Crippen molar-refractivity contribution in [2.24, 2.45) is 7.05 Å². The first-order valence-electron chi connectivity index (χ1n) is 7.92. The molecular formula is C18H23FN4O2. The maximum atomic E-state index is 13.5. The van der Waals surface area contributed by atoms with E-state index >= 15 is 0 Å². The van der Waals surface area contributed by atoms with Crippen LogP contribution in [-0.4, -0.2) is 41.9 Å². The van der Waals surface area contributed by atoms with Crippen molar-refractivity contribution in [2.75, 3.05) is 26.0 Å². The summed E-state index contributed by atoms with van der Waals surface area (Å²) < 4.78 is 15.5. The fourth-order valence-electron chi connectivity index (χ4n) is 2.50. The Morgan fingerprint density at radius 1 is 1.24 bits per heavy atom. The molecule has 2 rings (SSSR count). The monoisotopic (exact) mass is 346 g/mol. The number of amides is 2. The molecular weight excluding hydrogens is 323 g/mol. The van der Waals surface area contributed by atoms with Crippen molar-refractivity contribution < 1.29 is 14.0 Å². The zero-order valence-electron chi connectivity index (χ0n) is 14.8. The number of carbonyl (C=O) groups is 2. The molecule has 25 heavy (non-hydrogen) atoms. The van der Waals surface area contributed by atoms with Crippen LogP contribution in [0.15, 0.2) is 36.5 Å². The van der Waals surface area contributed by atoms with E-state index in [4.69, 9.17) is 0 Å². The maximum Gasteiger partial charge on any atom is 0.313 e. The molecule has 2 aromatic rings. The van der Waals surface area contributed by atoms with Crippen LogP contribution in [0.3, 0.4) is 0 Å². The Bertz CT molecular complexity index is 770. The van der Waals surface area contributed by atoms with E-state index in [1.54, 1.807) is 19.1 Å². The van der Waals surface area contributed by atoms with Gasteiger partial charge in [0.25, 0.3) is 0 Å². The Balaban J connectivity index is 1.97. The Morgan fingerprint density at radius 3 is 2.52 bits per heavy atom. The van der Waals surface area contributed by atoms with Crippen molar-refractivity contribution in [2.45, 2.75) is 13.0 Å². The fourth-order valence-corrected chi connectivity index (χ4v) is 2.50. The van der Waals surface area contributed by atoms with Gasteiger partial charge in [-0.05, 0) is 50.8 Å². The highest BCUT2D eigenvalue weighted by Gasteiger charge is 2.20. The smallest absolute Gasteiger partial charge is 0.313 e. The highest BCUT2D eigenvalue weighted by Crippen LogP contribution is 2.17. The van der Waals surface area contributed by atoms with Crippen LogP contribution in [0.25, 0.3) is 0 Å². The van der Waals surface area contributed by atoms with Crippen LogP contribution in [0.2, 0.25) is 0 Å². The van der Waals surface area contributed by atoms with E-state index in [1.165, 1.54) is 6.07 Å². The number of hydrogen-bond acceptors (Lipinski definition) is 3. The van der Waals surface area contributed by atoms with Crippen molar-refractivity contribution in [3.8, 4) is 0 Å². The van der Waals surface area contributed by atoms with E-state index in [0.717, 1.165) is 5.69 Å². The first-order valence-corrected chi connectivity index (χ1v) is 7.92. The van der Waals surface area contributed by atoms with Gasteiger partial charge < -0.3 is 15.2 Å². The van der Waals surface area contributed by atoms with E-state index in [2.05, 4.69) is 10.6 Å². The number of nitrogens with one attached hydrogen (secondary N) is 2. The number of benzene rings is 1. The summed E-state index contributed by atoms with van der Waals surface area (Å²) in [7, 11) is 5.73. The van der Waals surface area contributed by atoms with Crippen LogP contribution in [0.1, 0.15) is 17.3 Å². The molecule has 134 valence electrons. The highest BCUT2D eigenvalue weighted by molar-refractivity contribution is 6.39. The quantitative estimate of drug-likeness (QED) is 0.812. The fraction of sp³-hybridized carbons (Fsp3) is 0.333. The van der Waals surface area contributed by atoms with Gasteiger partial charge in [-0.1, -0.05) is 6.07 Å². The minimum atomic E-state index is -0.826. The number of carbonyl (C=O) groups excluding carboxylic acids is 2. The number of aryl methyl sites for hydroxylation is 2. The highest BCUT2D eigenvalue weighted by atomic mass is 19.1. The molecule has 0 saturated carbocycles. The second-order valence-electron chi connectivity index (χ2n) is 6.15. The van der Waals surface area contributed by atoms with Crippen LogP contribution in [0.4, 0.5) is 10.1 Å². The first kappa shape index (κ1) is 18.7. The second-order valence-corrected chi connectivity index (χ2v) is 6.15. The normalized spacial score (nSPS) is 12.1. The number of aromatic nitrogens is 1. The Hall–Kier alpha value is -2.67. The molecule has 6 nitrogen and oxygen atoms in total. The zero-order valence-corrected chi connectivity index (χ0v) is 14.8. The number of halogens is 1. The molecule has 0 saturated heterocycles. The molecule has 7 heteroatoms. The van der Waals surface area contributed by atoms with E-state index in [1.807, 2.05) is 48.9 Å². The summed E-state index contributed by atoms with van der Waals surface area (Å²) in [4.78, 5) is 26.0. The van der Waals surface area contributed by atoms with Gasteiger partial charge in [0.15, 0.2) is 0 Å². The third kappa shape index (κ3) is 4.67. The molecule has 1 atom stereocenters. The maximum absolute atomic E-state index is 13.5. The number of anilines is 1. The van der Waals surface area contributed by atoms with Crippen LogP contribution in [-0.2, 0) is 16.6 Å². The standard InChI is InChI=1S/C18H23FN4O2/c1-12-7-8-13(10-14(12)19)21-18(25)17(24)20-11-16(22(2)3)15-6-5-9-23(15)4/h5-10,16H,11H2,1-4H3,(H,20,24)(H,21,25). The van der Waals surface area contributed by atoms with Crippen LogP contribution < -0.4 is 10.6 Å². The van der Waals surface area contributed by atoms with Gasteiger partial charge in [0.05, 0.1) is 6.04 Å². The molecule has 0 aliphatic rings. The first-order chi connectivity index (χ1) is 11.8. The third-order valence-electron chi connectivity index (χ3n) is 4.04. The zero-order chi connectivity index (χ0) is 18.6. The average Bonchev–Trinajstić information content (AvgIpc) is 2.96. The van der Waals surface area contributed by atoms with Gasteiger partial charge in [0.2, 0.25) is 0 Å². The van der Waals surface area contributed by atoms with Crippen molar-refractivity contribution in [3.63, 3.8) is 0 Å². The van der Waals surface area contributed by atoms with Crippen LogP contribution in [0, 0.1) is 12.7 Å². The molecule has 0 aliphatic carbocycles. The van der Waals surface area contributed by atoms with E-state index in [9.17, 15) is 14.0 Å². The van der Waals surface area contributed by atoms with Gasteiger partial charge in [-0.3, -0.25) is 14.5 Å². The molecule has 2 amide bonds. The molecule has 1 unspecified atom stereocenters. The lowest BCUT2D eigenvalue weighted by atomic mass is 10.2. The van der Waals surface area contributed by atoms with Crippen LogP contribution >= 0.6 is 0 Å². The minimum Gasteiger partial charge on any atom is -0.353 e. The van der Waals surface area contributed by atoms with Gasteiger partial charge in [-0.2, -0.15) is 0 Å². The number of hydrogen-bond donors (Lipinski definition) is 2. The van der Waals surface area contributed by atoms with Gasteiger partial charge in [-0.25, -0.2) is 4.39 Å². The second kappa shape index (κ2) is 7.94.